The smallest absolute Gasteiger partial charge is 0.135 e. The van der Waals surface area contributed by atoms with Crippen LogP contribution < -0.4 is 0 Å². The van der Waals surface area contributed by atoms with Crippen LogP contribution in [-0.2, 0) is 9.59 Å². The van der Waals surface area contributed by atoms with E-state index < -0.39 is 0 Å². The molecule has 17 heavy (non-hydrogen) atoms. The molecule has 0 fully saturated rings. The molecule has 0 spiro atoms. The number of aliphatic hydroxyl groups excluding tert-OH is 2. The molecule has 0 saturated carbocycles. The van der Waals surface area contributed by atoms with E-state index in [9.17, 15) is 9.59 Å². The zero-order valence-corrected chi connectivity index (χ0v) is 10.7. The van der Waals surface area contributed by atoms with Gasteiger partial charge in [-0.2, -0.15) is 0 Å². The normalized spacial score (nSPS) is 12.4. The fourth-order valence-electron chi connectivity index (χ4n) is 1.62. The number of carbonyl (C=O) groups excluding carboxylic acids is 2. The molecule has 100 valence electrons. The summed E-state index contributed by atoms with van der Waals surface area (Å²) in [4.78, 5) is 22.5. The Balaban J connectivity index is 3.37. The van der Waals surface area contributed by atoms with Gasteiger partial charge in [0.1, 0.15) is 11.6 Å². The molecule has 0 heterocycles. The van der Waals surface area contributed by atoms with Crippen molar-refractivity contribution in [2.75, 3.05) is 6.61 Å². The minimum Gasteiger partial charge on any atom is -0.396 e. The first-order valence-electron chi connectivity index (χ1n) is 6.38. The van der Waals surface area contributed by atoms with E-state index >= 15 is 0 Å². The lowest BCUT2D eigenvalue weighted by Gasteiger charge is -2.03. The molecule has 1 atom stereocenters. The average molecular weight is 244 g/mol. The van der Waals surface area contributed by atoms with Crippen molar-refractivity contribution in [1.29, 1.82) is 0 Å². The van der Waals surface area contributed by atoms with Crippen molar-refractivity contribution in [3.63, 3.8) is 0 Å². The first kappa shape index (κ1) is 16.3. The number of rotatable bonds is 11. The lowest BCUT2D eigenvalue weighted by atomic mass is 10.0. The van der Waals surface area contributed by atoms with E-state index in [1.54, 1.807) is 6.92 Å². The van der Waals surface area contributed by atoms with Crippen LogP contribution in [0.1, 0.15) is 58.3 Å². The zero-order chi connectivity index (χ0) is 13.1. The second kappa shape index (κ2) is 10.4. The summed E-state index contributed by atoms with van der Waals surface area (Å²) >= 11 is 0. The minimum absolute atomic E-state index is 0.0226. The molecule has 0 rings (SSSR count). The number of aliphatic hydroxyl groups is 2. The van der Waals surface area contributed by atoms with Crippen LogP contribution in [0.3, 0.4) is 0 Å². The summed E-state index contributed by atoms with van der Waals surface area (Å²) in [6.07, 6.45) is 4.30. The number of unbranched alkanes of at least 4 members (excludes halogenated alkanes) is 1. The summed E-state index contributed by atoms with van der Waals surface area (Å²) < 4.78 is 0. The molecule has 4 heteroatoms. The standard InChI is InChI=1S/C13H24O4/c1-11(15)5-2-3-6-12(16)7-4-8-13(17)9-10-14/h11,14-15H,2-10H2,1H3. The molecule has 0 aromatic heterocycles. The van der Waals surface area contributed by atoms with E-state index in [-0.39, 0.29) is 30.7 Å². The number of ketones is 2. The molecular formula is C13H24O4. The van der Waals surface area contributed by atoms with Gasteiger partial charge in [0.2, 0.25) is 0 Å². The SMILES string of the molecule is CC(O)CCCCC(=O)CCCC(=O)CCO. The van der Waals surface area contributed by atoms with Gasteiger partial charge in [0, 0.05) is 32.3 Å². The van der Waals surface area contributed by atoms with Gasteiger partial charge in [0.05, 0.1) is 6.10 Å². The number of hydrogen-bond donors (Lipinski definition) is 2. The molecule has 0 saturated heterocycles. The summed E-state index contributed by atoms with van der Waals surface area (Å²) in [6.45, 7) is 1.64. The monoisotopic (exact) mass is 244 g/mol. The summed E-state index contributed by atoms with van der Waals surface area (Å²) in [6, 6.07) is 0. The molecule has 0 amide bonds. The Morgan fingerprint density at radius 3 is 2.00 bits per heavy atom. The van der Waals surface area contributed by atoms with Gasteiger partial charge in [0.25, 0.3) is 0 Å². The topological polar surface area (TPSA) is 74.6 Å². The largest absolute Gasteiger partial charge is 0.396 e. The Bertz CT molecular complexity index is 223. The summed E-state index contributed by atoms with van der Waals surface area (Å²) in [5.74, 6) is 0.210. The Kier molecular flexibility index (Phi) is 9.96. The molecular weight excluding hydrogens is 220 g/mol. The summed E-state index contributed by atoms with van der Waals surface area (Å²) in [7, 11) is 0. The third kappa shape index (κ3) is 11.5. The number of Topliss-reactive ketones (excluding diaryl/α,β-unsaturated/α-hetero) is 2. The molecule has 0 aliphatic heterocycles. The maximum atomic E-state index is 11.4. The first-order valence-corrected chi connectivity index (χ1v) is 6.38. The fraction of sp³-hybridized carbons (Fsp3) is 0.846. The van der Waals surface area contributed by atoms with Gasteiger partial charge in [-0.25, -0.2) is 0 Å². The van der Waals surface area contributed by atoms with Gasteiger partial charge >= 0.3 is 0 Å². The van der Waals surface area contributed by atoms with Crippen LogP contribution >= 0.6 is 0 Å². The van der Waals surface area contributed by atoms with Crippen molar-refractivity contribution in [1.82, 2.24) is 0 Å². The number of carbonyl (C=O) groups is 2. The van der Waals surface area contributed by atoms with E-state index in [1.165, 1.54) is 0 Å². The maximum Gasteiger partial charge on any atom is 0.135 e. The Hall–Kier alpha value is -0.740. The van der Waals surface area contributed by atoms with Crippen molar-refractivity contribution >= 4 is 11.6 Å². The van der Waals surface area contributed by atoms with Crippen LogP contribution in [0.25, 0.3) is 0 Å². The van der Waals surface area contributed by atoms with Crippen LogP contribution in [0.2, 0.25) is 0 Å². The summed E-state index contributed by atoms with van der Waals surface area (Å²) in [5.41, 5.74) is 0. The fourth-order valence-corrected chi connectivity index (χ4v) is 1.62. The highest BCUT2D eigenvalue weighted by atomic mass is 16.3. The lowest BCUT2D eigenvalue weighted by molar-refractivity contribution is -0.120. The molecule has 0 bridgehead atoms. The van der Waals surface area contributed by atoms with Gasteiger partial charge in [0.15, 0.2) is 0 Å². The van der Waals surface area contributed by atoms with E-state index in [0.717, 1.165) is 19.3 Å². The minimum atomic E-state index is -0.291. The highest BCUT2D eigenvalue weighted by Gasteiger charge is 2.05. The van der Waals surface area contributed by atoms with Gasteiger partial charge in [-0.1, -0.05) is 6.42 Å². The zero-order valence-electron chi connectivity index (χ0n) is 10.7. The van der Waals surface area contributed by atoms with Crippen molar-refractivity contribution < 1.29 is 19.8 Å². The maximum absolute atomic E-state index is 11.4. The van der Waals surface area contributed by atoms with Gasteiger partial charge < -0.3 is 10.2 Å². The molecule has 0 aromatic carbocycles. The first-order chi connectivity index (χ1) is 8.06. The number of hydrogen-bond acceptors (Lipinski definition) is 4. The highest BCUT2D eigenvalue weighted by Crippen LogP contribution is 2.07. The van der Waals surface area contributed by atoms with Crippen LogP contribution in [0.15, 0.2) is 0 Å². The second-order valence-corrected chi connectivity index (χ2v) is 4.50. The third-order valence-electron chi connectivity index (χ3n) is 2.63. The molecule has 0 aliphatic carbocycles. The Morgan fingerprint density at radius 2 is 1.47 bits per heavy atom. The molecule has 4 nitrogen and oxygen atoms in total. The predicted octanol–water partition coefficient (Wildman–Crippen LogP) is 1.62. The van der Waals surface area contributed by atoms with E-state index in [2.05, 4.69) is 0 Å². The van der Waals surface area contributed by atoms with Crippen molar-refractivity contribution in [2.45, 2.75) is 64.4 Å². The van der Waals surface area contributed by atoms with Gasteiger partial charge in [-0.15, -0.1) is 0 Å². The van der Waals surface area contributed by atoms with E-state index in [4.69, 9.17) is 10.2 Å². The molecule has 0 aromatic rings. The van der Waals surface area contributed by atoms with Crippen LogP contribution in [0, 0.1) is 0 Å². The van der Waals surface area contributed by atoms with Crippen LogP contribution in [-0.4, -0.2) is 34.5 Å². The summed E-state index contributed by atoms with van der Waals surface area (Å²) in [5, 5.41) is 17.6. The Morgan fingerprint density at radius 1 is 0.941 bits per heavy atom. The van der Waals surface area contributed by atoms with Gasteiger partial charge in [-0.3, -0.25) is 9.59 Å². The van der Waals surface area contributed by atoms with Crippen molar-refractivity contribution in [2.24, 2.45) is 0 Å². The van der Waals surface area contributed by atoms with Crippen LogP contribution in [0.4, 0.5) is 0 Å². The molecule has 0 aliphatic rings. The van der Waals surface area contributed by atoms with Crippen molar-refractivity contribution in [3.05, 3.63) is 0 Å². The Labute approximate surface area is 103 Å². The molecule has 1 unspecified atom stereocenters. The lowest BCUT2D eigenvalue weighted by Crippen LogP contribution is -2.04. The predicted molar refractivity (Wildman–Crippen MR) is 65.7 cm³/mol. The van der Waals surface area contributed by atoms with E-state index in [0.29, 0.717) is 25.7 Å². The molecule has 2 N–H and O–H groups in total. The molecule has 0 radical (unpaired) electrons. The average Bonchev–Trinajstić information content (AvgIpc) is 2.24. The highest BCUT2D eigenvalue weighted by molar-refractivity contribution is 5.81. The van der Waals surface area contributed by atoms with E-state index in [1.807, 2.05) is 0 Å². The van der Waals surface area contributed by atoms with Gasteiger partial charge in [-0.05, 0) is 26.2 Å². The van der Waals surface area contributed by atoms with Crippen molar-refractivity contribution in [3.8, 4) is 0 Å². The quantitative estimate of drug-likeness (QED) is 0.542. The van der Waals surface area contributed by atoms with Crippen LogP contribution in [0.5, 0.6) is 0 Å². The third-order valence-corrected chi connectivity index (χ3v) is 2.63. The second-order valence-electron chi connectivity index (χ2n) is 4.50.